The Kier molecular flexibility index (Phi) is 7.47. The van der Waals surface area contributed by atoms with Crippen LogP contribution < -0.4 is 21.1 Å². The first-order valence-electron chi connectivity index (χ1n) is 10.7. The van der Waals surface area contributed by atoms with Gasteiger partial charge in [0.2, 0.25) is 0 Å². The number of hydrogen-bond acceptors (Lipinski definition) is 6. The summed E-state index contributed by atoms with van der Waals surface area (Å²) in [6.07, 6.45) is 1.09. The van der Waals surface area contributed by atoms with E-state index >= 15 is 0 Å². The third kappa shape index (κ3) is 6.61. The molecule has 10 heteroatoms. The molecule has 1 aromatic heterocycles. The number of thiophene rings is 1. The fourth-order valence-electron chi connectivity index (χ4n) is 3.51. The predicted octanol–water partition coefficient (Wildman–Crippen LogP) is 4.04. The van der Waals surface area contributed by atoms with Crippen molar-refractivity contribution < 1.29 is 23.9 Å². The minimum Gasteiger partial charge on any atom is -0.497 e. The third-order valence-electron chi connectivity index (χ3n) is 5.00. The quantitative estimate of drug-likeness (QED) is 0.603. The molecule has 2 aromatic rings. The minimum atomic E-state index is -0.749. The maximum Gasteiger partial charge on any atom is 0.410 e. The summed E-state index contributed by atoms with van der Waals surface area (Å²) in [5.74, 6) is 0.376. The Labute approximate surface area is 197 Å². The lowest BCUT2D eigenvalue weighted by molar-refractivity contribution is 0.0185. The van der Waals surface area contributed by atoms with Gasteiger partial charge in [-0.15, -0.1) is 11.3 Å². The lowest BCUT2D eigenvalue weighted by Crippen LogP contribution is -2.50. The number of rotatable bonds is 5. The fourth-order valence-corrected chi connectivity index (χ4v) is 4.58. The molecule has 4 amide bonds. The fraction of sp³-hybridized carbons (Fsp3) is 0.435. The number of benzene rings is 1. The molecule has 9 nitrogen and oxygen atoms in total. The van der Waals surface area contributed by atoms with E-state index < -0.39 is 17.7 Å². The summed E-state index contributed by atoms with van der Waals surface area (Å²) in [4.78, 5) is 39.4. The summed E-state index contributed by atoms with van der Waals surface area (Å²) in [5, 5.41) is 5.90. The average Bonchev–Trinajstić information content (AvgIpc) is 3.16. The normalized spacial score (nSPS) is 16.1. The number of methoxy groups -OCH3 is 1. The molecule has 1 saturated heterocycles. The molecule has 1 aliphatic rings. The molecule has 0 unspecified atom stereocenters. The number of amides is 4. The van der Waals surface area contributed by atoms with E-state index in [0.29, 0.717) is 23.7 Å². The van der Waals surface area contributed by atoms with E-state index in [9.17, 15) is 14.4 Å². The molecule has 2 heterocycles. The van der Waals surface area contributed by atoms with Crippen LogP contribution in [-0.2, 0) is 4.74 Å². The van der Waals surface area contributed by atoms with Crippen molar-refractivity contribution in [3.8, 4) is 16.2 Å². The Morgan fingerprint density at radius 1 is 1.18 bits per heavy atom. The largest absolute Gasteiger partial charge is 0.497 e. The number of piperidine rings is 1. The Hall–Kier alpha value is -3.27. The summed E-state index contributed by atoms with van der Waals surface area (Å²) in [5.41, 5.74) is 5.92. The number of carbonyl (C=O) groups is 3. The molecule has 0 radical (unpaired) electrons. The van der Waals surface area contributed by atoms with E-state index in [-0.39, 0.29) is 11.9 Å². The van der Waals surface area contributed by atoms with Crippen molar-refractivity contribution in [1.29, 1.82) is 0 Å². The number of urea groups is 1. The SMILES string of the molecule is COc1ccc(-c2cc(C(=O)N[C@H]3CCCN(C(=O)OC(C)(C)C)C3)c(NC(N)=O)s2)cc1. The molecule has 0 spiro atoms. The number of carbonyl (C=O) groups excluding carboxylic acids is 3. The van der Waals surface area contributed by atoms with Gasteiger partial charge >= 0.3 is 12.1 Å². The molecule has 1 atom stereocenters. The maximum absolute atomic E-state index is 13.1. The first-order valence-corrected chi connectivity index (χ1v) is 11.5. The summed E-state index contributed by atoms with van der Waals surface area (Å²) < 4.78 is 10.6. The van der Waals surface area contributed by atoms with Crippen LogP contribution in [0.3, 0.4) is 0 Å². The van der Waals surface area contributed by atoms with Crippen LogP contribution in [0.4, 0.5) is 14.6 Å². The first kappa shape index (κ1) is 24.4. The topological polar surface area (TPSA) is 123 Å². The van der Waals surface area contributed by atoms with Gasteiger partial charge in [-0.3, -0.25) is 10.1 Å². The number of anilines is 1. The second-order valence-electron chi connectivity index (χ2n) is 8.81. The van der Waals surface area contributed by atoms with Gasteiger partial charge in [0.25, 0.3) is 5.91 Å². The summed E-state index contributed by atoms with van der Waals surface area (Å²) in [6, 6.07) is 8.14. The van der Waals surface area contributed by atoms with Gasteiger partial charge in [-0.05, 0) is 69.5 Å². The van der Waals surface area contributed by atoms with Crippen LogP contribution in [0, 0.1) is 0 Å². The molecule has 1 aliphatic heterocycles. The number of nitrogens with one attached hydrogen (secondary N) is 2. The Morgan fingerprint density at radius 3 is 2.48 bits per heavy atom. The lowest BCUT2D eigenvalue weighted by atomic mass is 10.1. The second kappa shape index (κ2) is 10.1. The van der Waals surface area contributed by atoms with Crippen LogP contribution in [0.5, 0.6) is 5.75 Å². The molecule has 178 valence electrons. The van der Waals surface area contributed by atoms with Crippen molar-refractivity contribution in [2.75, 3.05) is 25.5 Å². The summed E-state index contributed by atoms with van der Waals surface area (Å²) >= 11 is 1.26. The van der Waals surface area contributed by atoms with E-state index in [1.54, 1.807) is 18.1 Å². The number of primary amides is 1. The van der Waals surface area contributed by atoms with Crippen LogP contribution in [0.15, 0.2) is 30.3 Å². The van der Waals surface area contributed by atoms with E-state index in [1.165, 1.54) is 11.3 Å². The van der Waals surface area contributed by atoms with Gasteiger partial charge in [-0.25, -0.2) is 9.59 Å². The zero-order chi connectivity index (χ0) is 24.2. The number of ether oxygens (including phenoxy) is 2. The van der Waals surface area contributed by atoms with Gasteiger partial charge < -0.3 is 25.4 Å². The van der Waals surface area contributed by atoms with E-state index in [0.717, 1.165) is 29.0 Å². The molecule has 0 aliphatic carbocycles. The molecule has 33 heavy (non-hydrogen) atoms. The van der Waals surface area contributed by atoms with Gasteiger partial charge in [-0.1, -0.05) is 0 Å². The van der Waals surface area contributed by atoms with Gasteiger partial charge in [0.1, 0.15) is 16.4 Å². The van der Waals surface area contributed by atoms with E-state index in [1.807, 2.05) is 45.0 Å². The number of nitrogens with zero attached hydrogens (tertiary/aromatic N) is 1. The highest BCUT2D eigenvalue weighted by molar-refractivity contribution is 7.20. The van der Waals surface area contributed by atoms with Crippen molar-refractivity contribution in [3.63, 3.8) is 0 Å². The molecule has 1 fully saturated rings. The highest BCUT2D eigenvalue weighted by atomic mass is 32.1. The van der Waals surface area contributed by atoms with Crippen LogP contribution in [0.1, 0.15) is 44.0 Å². The Balaban J connectivity index is 1.75. The third-order valence-corrected chi connectivity index (χ3v) is 6.10. The van der Waals surface area contributed by atoms with Crippen LogP contribution in [0.25, 0.3) is 10.4 Å². The molecular weight excluding hydrogens is 444 g/mol. The monoisotopic (exact) mass is 474 g/mol. The molecule has 4 N–H and O–H groups in total. The van der Waals surface area contributed by atoms with Gasteiger partial charge in [0, 0.05) is 24.0 Å². The second-order valence-corrected chi connectivity index (χ2v) is 9.86. The van der Waals surface area contributed by atoms with Crippen molar-refractivity contribution in [1.82, 2.24) is 10.2 Å². The Bertz CT molecular complexity index is 1010. The number of likely N-dealkylation sites (tertiary alicyclic amines) is 1. The summed E-state index contributed by atoms with van der Waals surface area (Å²) in [6.45, 7) is 6.39. The lowest BCUT2D eigenvalue weighted by Gasteiger charge is -2.34. The van der Waals surface area contributed by atoms with Gasteiger partial charge in [-0.2, -0.15) is 0 Å². The minimum absolute atomic E-state index is 0.232. The molecule has 0 bridgehead atoms. The standard InChI is InChI=1S/C23H30N4O5S/c1-23(2,3)32-22(30)27-11-5-6-15(13-27)25-19(28)17-12-18(33-20(17)26-21(24)29)14-7-9-16(31-4)10-8-14/h7-10,12,15H,5-6,11,13H2,1-4H3,(H,25,28)(H3,24,26,29)/t15-/m0/s1. The predicted molar refractivity (Wildman–Crippen MR) is 128 cm³/mol. The highest BCUT2D eigenvalue weighted by Crippen LogP contribution is 2.36. The zero-order valence-corrected chi connectivity index (χ0v) is 20.1. The van der Waals surface area contributed by atoms with Crippen LogP contribution in [-0.4, -0.2) is 54.8 Å². The Morgan fingerprint density at radius 2 is 1.88 bits per heavy atom. The molecular formula is C23H30N4O5S. The van der Waals surface area contributed by atoms with Gasteiger partial charge in [0.15, 0.2) is 0 Å². The van der Waals surface area contributed by atoms with Crippen molar-refractivity contribution in [3.05, 3.63) is 35.9 Å². The van der Waals surface area contributed by atoms with Gasteiger partial charge in [0.05, 0.1) is 12.7 Å². The van der Waals surface area contributed by atoms with Crippen molar-refractivity contribution in [2.45, 2.75) is 45.3 Å². The number of nitrogens with two attached hydrogens (primary N) is 1. The molecule has 3 rings (SSSR count). The van der Waals surface area contributed by atoms with Crippen molar-refractivity contribution in [2.24, 2.45) is 5.73 Å². The van der Waals surface area contributed by atoms with E-state index in [4.69, 9.17) is 15.2 Å². The molecule has 0 saturated carbocycles. The highest BCUT2D eigenvalue weighted by Gasteiger charge is 2.29. The summed E-state index contributed by atoms with van der Waals surface area (Å²) in [7, 11) is 1.59. The zero-order valence-electron chi connectivity index (χ0n) is 19.3. The van der Waals surface area contributed by atoms with Crippen LogP contribution in [0.2, 0.25) is 0 Å². The average molecular weight is 475 g/mol. The molecule has 1 aromatic carbocycles. The van der Waals surface area contributed by atoms with E-state index in [2.05, 4.69) is 10.6 Å². The first-order chi connectivity index (χ1) is 15.6. The smallest absolute Gasteiger partial charge is 0.410 e. The van der Waals surface area contributed by atoms with Crippen LogP contribution >= 0.6 is 11.3 Å². The maximum atomic E-state index is 13.1. The van der Waals surface area contributed by atoms with Crippen molar-refractivity contribution >= 4 is 34.4 Å². The number of hydrogen-bond donors (Lipinski definition) is 3.